The molecule has 154 valence electrons. The number of halogens is 1. The van der Waals surface area contributed by atoms with Gasteiger partial charge in [-0.25, -0.2) is 9.67 Å². The quantitative estimate of drug-likeness (QED) is 0.295. The van der Waals surface area contributed by atoms with Crippen LogP contribution in [0, 0.1) is 0 Å². The molecule has 1 amide bonds. The molecule has 0 aliphatic carbocycles. The van der Waals surface area contributed by atoms with E-state index in [4.69, 9.17) is 11.6 Å². The van der Waals surface area contributed by atoms with Gasteiger partial charge in [-0.15, -0.1) is 0 Å². The van der Waals surface area contributed by atoms with Crippen LogP contribution in [0.2, 0.25) is 5.02 Å². The molecule has 0 bridgehead atoms. The summed E-state index contributed by atoms with van der Waals surface area (Å²) >= 11 is 8.27. The molecule has 0 radical (unpaired) electrons. The second-order valence-corrected chi connectivity index (χ2v) is 8.35. The Kier molecular flexibility index (Phi) is 5.14. The minimum Gasteiger partial charge on any atom is -0.323 e. The van der Waals surface area contributed by atoms with E-state index in [1.54, 1.807) is 30.3 Å². The number of benzene rings is 2. The number of carbonyl (C=O) groups is 1. The number of fused-ring (bicyclic) bond motifs is 2. The van der Waals surface area contributed by atoms with Crippen molar-refractivity contribution >= 4 is 68.7 Å². The molecule has 2 N–H and O–H groups in total. The predicted molar refractivity (Wildman–Crippen MR) is 122 cm³/mol. The van der Waals surface area contributed by atoms with Crippen molar-refractivity contribution in [1.29, 1.82) is 0 Å². The van der Waals surface area contributed by atoms with Gasteiger partial charge in [-0.3, -0.25) is 9.59 Å². The van der Waals surface area contributed by atoms with Gasteiger partial charge in [-0.2, -0.15) is 13.8 Å². The first-order chi connectivity index (χ1) is 15.1. The van der Waals surface area contributed by atoms with E-state index in [9.17, 15) is 9.59 Å². The van der Waals surface area contributed by atoms with Crippen LogP contribution in [0.5, 0.6) is 0 Å². The van der Waals surface area contributed by atoms with E-state index in [-0.39, 0.29) is 17.2 Å². The van der Waals surface area contributed by atoms with Gasteiger partial charge in [0.05, 0.1) is 34.7 Å². The molecule has 0 fully saturated rings. The van der Waals surface area contributed by atoms with Crippen molar-refractivity contribution in [1.82, 2.24) is 19.7 Å². The van der Waals surface area contributed by atoms with Gasteiger partial charge < -0.3 is 10.3 Å². The van der Waals surface area contributed by atoms with E-state index in [0.717, 1.165) is 28.8 Å². The van der Waals surface area contributed by atoms with Crippen LogP contribution in [0.25, 0.3) is 16.7 Å². The maximum Gasteiger partial charge on any atom is 0.262 e. The Hall–Kier alpha value is -3.28. The van der Waals surface area contributed by atoms with E-state index < -0.39 is 0 Å². The number of aromatic amines is 1. The summed E-state index contributed by atoms with van der Waals surface area (Å²) in [7, 11) is 0. The van der Waals surface area contributed by atoms with Crippen molar-refractivity contribution in [2.75, 3.05) is 11.1 Å². The smallest absolute Gasteiger partial charge is 0.262 e. The zero-order valence-corrected chi connectivity index (χ0v) is 18.0. The minimum absolute atomic E-state index is 0.0493. The summed E-state index contributed by atoms with van der Waals surface area (Å²) in [5.41, 5.74) is 2.68. The number of H-pyrrole nitrogens is 1. The number of nitrogens with one attached hydrogen (secondary N) is 2. The van der Waals surface area contributed by atoms with E-state index >= 15 is 0 Å². The Balaban J connectivity index is 1.37. The van der Waals surface area contributed by atoms with Crippen LogP contribution in [0.4, 0.5) is 17.1 Å². The van der Waals surface area contributed by atoms with Crippen molar-refractivity contribution in [3.8, 4) is 5.69 Å². The van der Waals surface area contributed by atoms with Gasteiger partial charge in [-0.1, -0.05) is 35.5 Å². The van der Waals surface area contributed by atoms with Crippen LogP contribution in [-0.2, 0) is 16.1 Å². The molecule has 9 nitrogen and oxygen atoms in total. The van der Waals surface area contributed by atoms with E-state index in [2.05, 4.69) is 29.1 Å². The first-order valence-corrected chi connectivity index (χ1v) is 11.1. The van der Waals surface area contributed by atoms with Crippen LogP contribution in [0.15, 0.2) is 67.3 Å². The van der Waals surface area contributed by atoms with Gasteiger partial charge in [0.25, 0.3) is 5.56 Å². The number of hydrogen-bond acceptors (Lipinski definition) is 7. The molecule has 5 rings (SSSR count). The lowest BCUT2D eigenvalue weighted by molar-refractivity contribution is -0.113. The van der Waals surface area contributed by atoms with Crippen molar-refractivity contribution in [3.63, 3.8) is 0 Å². The fraction of sp³-hybridized carbons (Fsp3) is 0.0526. The molecule has 1 aliphatic rings. The zero-order chi connectivity index (χ0) is 21.4. The highest BCUT2D eigenvalue weighted by atomic mass is 35.5. The van der Waals surface area contributed by atoms with E-state index in [1.165, 1.54) is 10.9 Å². The van der Waals surface area contributed by atoms with Crippen molar-refractivity contribution in [3.05, 3.63) is 64.0 Å². The lowest BCUT2D eigenvalue weighted by Crippen LogP contribution is -2.15. The molecule has 12 heteroatoms. The third-order valence-electron chi connectivity index (χ3n) is 4.37. The van der Waals surface area contributed by atoms with Crippen LogP contribution >= 0.6 is 23.4 Å². The highest BCUT2D eigenvalue weighted by Crippen LogP contribution is 2.38. The Morgan fingerprint density at radius 1 is 1.23 bits per heavy atom. The van der Waals surface area contributed by atoms with Crippen molar-refractivity contribution < 1.29 is 4.79 Å². The molecule has 3 heterocycles. The van der Waals surface area contributed by atoms with Gasteiger partial charge in [0.2, 0.25) is 5.91 Å². The molecule has 0 saturated heterocycles. The highest BCUT2D eigenvalue weighted by molar-refractivity contribution is 7.99. The minimum atomic E-state index is -0.334. The SMILES string of the molecule is O=C(CSc1nc2c(cnn2-c2cccc(Cl)c2)c(=O)[nH]1)Nc1cccc2c1N=S=N2. The Labute approximate surface area is 187 Å². The summed E-state index contributed by atoms with van der Waals surface area (Å²) in [5, 5.41) is 8.28. The van der Waals surface area contributed by atoms with Gasteiger partial charge in [-0.05, 0) is 30.3 Å². The maximum absolute atomic E-state index is 12.5. The van der Waals surface area contributed by atoms with Crippen molar-refractivity contribution in [2.45, 2.75) is 5.16 Å². The average molecular weight is 470 g/mol. The van der Waals surface area contributed by atoms with Crippen LogP contribution in [0.1, 0.15) is 0 Å². The number of amides is 1. The Bertz CT molecular complexity index is 1470. The summed E-state index contributed by atoms with van der Waals surface area (Å²) in [6.07, 6.45) is 1.45. The molecule has 31 heavy (non-hydrogen) atoms. The molecular weight excluding hydrogens is 458 g/mol. The van der Waals surface area contributed by atoms with Gasteiger partial charge >= 0.3 is 0 Å². The predicted octanol–water partition coefficient (Wildman–Crippen LogP) is 4.22. The lowest BCUT2D eigenvalue weighted by Gasteiger charge is -2.08. The number of thioether (sulfide) groups is 1. The molecule has 2 aromatic heterocycles. The number of rotatable bonds is 5. The van der Waals surface area contributed by atoms with Crippen LogP contribution in [-0.4, -0.2) is 31.4 Å². The number of anilines is 1. The van der Waals surface area contributed by atoms with E-state index in [0.29, 0.717) is 38.3 Å². The monoisotopic (exact) mass is 469 g/mol. The molecule has 1 aliphatic heterocycles. The number of nitrogens with zero attached hydrogens (tertiary/aromatic N) is 5. The van der Waals surface area contributed by atoms with Crippen LogP contribution in [0.3, 0.4) is 0 Å². The van der Waals surface area contributed by atoms with E-state index in [1.807, 2.05) is 12.1 Å². The second-order valence-electron chi connectivity index (χ2n) is 6.42. The first-order valence-electron chi connectivity index (χ1n) is 8.96. The van der Waals surface area contributed by atoms with Gasteiger partial charge in [0, 0.05) is 5.02 Å². The third-order valence-corrected chi connectivity index (χ3v) is 6.02. The molecule has 2 aromatic carbocycles. The molecular formula is C19H12ClN7O2S2. The number of aromatic nitrogens is 4. The fourth-order valence-electron chi connectivity index (χ4n) is 2.99. The Morgan fingerprint density at radius 3 is 2.97 bits per heavy atom. The van der Waals surface area contributed by atoms with Crippen molar-refractivity contribution in [2.24, 2.45) is 8.73 Å². The summed E-state index contributed by atoms with van der Waals surface area (Å²) in [5.74, 6) is -0.204. The van der Waals surface area contributed by atoms with Crippen LogP contribution < -0.4 is 10.9 Å². The van der Waals surface area contributed by atoms with Gasteiger partial charge in [0.1, 0.15) is 16.8 Å². The first kappa shape index (κ1) is 19.7. The number of hydrogen-bond donors (Lipinski definition) is 2. The zero-order valence-electron chi connectivity index (χ0n) is 15.6. The fourth-order valence-corrected chi connectivity index (χ4v) is 4.38. The maximum atomic E-state index is 12.5. The summed E-state index contributed by atoms with van der Waals surface area (Å²) in [6, 6.07) is 12.5. The van der Waals surface area contributed by atoms with Gasteiger partial charge in [0.15, 0.2) is 10.8 Å². The summed E-state index contributed by atoms with van der Waals surface area (Å²) < 4.78 is 9.90. The molecule has 0 saturated carbocycles. The average Bonchev–Trinajstić information content (AvgIpc) is 3.40. The third kappa shape index (κ3) is 3.90. The standard InChI is InChI=1S/C19H12ClN7O2S2/c20-10-3-1-4-11(7-10)27-17-12(8-21-27)18(29)24-19(23-17)30-9-15(28)22-13-5-2-6-14-16(13)26-31-25-14/h1-8H,9H2,(H,22,28)(H,23,24,29). The summed E-state index contributed by atoms with van der Waals surface area (Å²) in [6.45, 7) is 0. The largest absolute Gasteiger partial charge is 0.323 e. The topological polar surface area (TPSA) is 117 Å². The molecule has 0 atom stereocenters. The number of carbonyl (C=O) groups excluding carboxylic acids is 1. The molecule has 4 aromatic rings. The molecule has 0 unspecified atom stereocenters. The Morgan fingerprint density at radius 2 is 2.10 bits per heavy atom. The lowest BCUT2D eigenvalue weighted by atomic mass is 10.2. The summed E-state index contributed by atoms with van der Waals surface area (Å²) in [4.78, 5) is 32.1. The molecule has 0 spiro atoms. The highest BCUT2D eigenvalue weighted by Gasteiger charge is 2.15. The normalized spacial score (nSPS) is 12.0. The second kappa shape index (κ2) is 8.10.